The highest BCUT2D eigenvalue weighted by atomic mass is 32.2. The van der Waals surface area contributed by atoms with Gasteiger partial charge in [0.15, 0.2) is 0 Å². The van der Waals surface area contributed by atoms with Gasteiger partial charge in [-0.15, -0.1) is 11.8 Å². The molecule has 2 unspecified atom stereocenters. The number of aromatic nitrogens is 2. The zero-order chi connectivity index (χ0) is 15.0. The number of aryl methyl sites for hydroxylation is 2. The van der Waals surface area contributed by atoms with Gasteiger partial charge in [0.1, 0.15) is 0 Å². The first-order chi connectivity index (χ1) is 9.98. The summed E-state index contributed by atoms with van der Waals surface area (Å²) in [5.41, 5.74) is 6.28. The van der Waals surface area contributed by atoms with Gasteiger partial charge in [-0.3, -0.25) is 9.48 Å². The van der Waals surface area contributed by atoms with E-state index in [9.17, 15) is 4.79 Å². The van der Waals surface area contributed by atoms with Gasteiger partial charge in [-0.25, -0.2) is 0 Å². The van der Waals surface area contributed by atoms with Gasteiger partial charge in [0.25, 0.3) is 0 Å². The fraction of sp³-hybridized carbons (Fsp3) is 0.733. The van der Waals surface area contributed by atoms with Crippen molar-refractivity contribution in [2.45, 2.75) is 67.3 Å². The minimum absolute atomic E-state index is 0.180. The summed E-state index contributed by atoms with van der Waals surface area (Å²) in [5, 5.41) is 9.52. The number of thioether (sulfide) groups is 1. The van der Waals surface area contributed by atoms with E-state index in [-0.39, 0.29) is 5.91 Å². The van der Waals surface area contributed by atoms with Crippen LogP contribution < -0.4 is 11.1 Å². The van der Waals surface area contributed by atoms with Crippen LogP contribution in [0.25, 0.3) is 0 Å². The fourth-order valence-corrected chi connectivity index (χ4v) is 4.66. The molecule has 0 bridgehead atoms. The zero-order valence-electron chi connectivity index (χ0n) is 12.8. The number of rotatable bonds is 5. The van der Waals surface area contributed by atoms with Gasteiger partial charge in [0.05, 0.1) is 16.3 Å². The average Bonchev–Trinajstić information content (AvgIpc) is 3.16. The molecule has 3 N–H and O–H groups in total. The van der Waals surface area contributed by atoms with Crippen LogP contribution in [0.5, 0.6) is 0 Å². The van der Waals surface area contributed by atoms with E-state index >= 15 is 0 Å². The summed E-state index contributed by atoms with van der Waals surface area (Å²) in [4.78, 5) is 12.0. The van der Waals surface area contributed by atoms with Crippen LogP contribution in [0.15, 0.2) is 11.1 Å². The Hall–Kier alpha value is -1.01. The molecule has 2 aliphatic rings. The van der Waals surface area contributed by atoms with Gasteiger partial charge in [-0.05, 0) is 51.5 Å². The molecule has 0 aromatic carbocycles. The topological polar surface area (TPSA) is 72.9 Å². The second kappa shape index (κ2) is 5.65. The van der Waals surface area contributed by atoms with Crippen molar-refractivity contribution in [1.82, 2.24) is 15.1 Å². The number of hydrogen-bond donors (Lipinski definition) is 2. The molecule has 21 heavy (non-hydrogen) atoms. The quantitative estimate of drug-likeness (QED) is 0.869. The Morgan fingerprint density at radius 1 is 1.52 bits per heavy atom. The Balaban J connectivity index is 1.71. The van der Waals surface area contributed by atoms with Crippen LogP contribution in [0.1, 0.15) is 44.2 Å². The molecule has 2 atom stereocenters. The van der Waals surface area contributed by atoms with Crippen molar-refractivity contribution in [2.24, 2.45) is 12.8 Å². The Labute approximate surface area is 130 Å². The third kappa shape index (κ3) is 3.26. The number of nitrogens with one attached hydrogen (secondary N) is 1. The SMILES string of the molecule is Cc1cc(SC2CCCC(NC3CC3)(C(N)=O)C2)n(C)n1. The summed E-state index contributed by atoms with van der Waals surface area (Å²) in [6.07, 6.45) is 6.24. The number of amides is 1. The molecule has 2 fully saturated rings. The number of carbonyl (C=O) groups excluding carboxylic acids is 1. The smallest absolute Gasteiger partial charge is 0.237 e. The first kappa shape index (κ1) is 14.9. The van der Waals surface area contributed by atoms with Crippen LogP contribution in [0.4, 0.5) is 0 Å². The van der Waals surface area contributed by atoms with E-state index in [4.69, 9.17) is 5.73 Å². The van der Waals surface area contributed by atoms with Gasteiger partial charge in [-0.2, -0.15) is 5.10 Å². The summed E-state index contributed by atoms with van der Waals surface area (Å²) in [6.45, 7) is 2.01. The minimum Gasteiger partial charge on any atom is -0.368 e. The number of primary amides is 1. The van der Waals surface area contributed by atoms with E-state index in [2.05, 4.69) is 16.5 Å². The predicted molar refractivity (Wildman–Crippen MR) is 84.1 cm³/mol. The number of nitrogens with zero attached hydrogens (tertiary/aromatic N) is 2. The lowest BCUT2D eigenvalue weighted by molar-refractivity contribution is -0.125. The van der Waals surface area contributed by atoms with E-state index in [0.29, 0.717) is 11.3 Å². The monoisotopic (exact) mass is 308 g/mol. The number of hydrogen-bond acceptors (Lipinski definition) is 4. The van der Waals surface area contributed by atoms with Crippen LogP contribution in [0, 0.1) is 6.92 Å². The van der Waals surface area contributed by atoms with Crippen LogP contribution in [0.3, 0.4) is 0 Å². The van der Waals surface area contributed by atoms with Gasteiger partial charge in [0.2, 0.25) is 5.91 Å². The van der Waals surface area contributed by atoms with Crippen LogP contribution in [-0.4, -0.2) is 32.5 Å². The molecule has 0 saturated heterocycles. The van der Waals surface area contributed by atoms with E-state index in [1.807, 2.05) is 30.4 Å². The molecule has 5 nitrogen and oxygen atoms in total. The third-order valence-corrected chi connectivity index (χ3v) is 5.84. The highest BCUT2D eigenvalue weighted by Crippen LogP contribution is 2.40. The molecule has 0 aliphatic heterocycles. The van der Waals surface area contributed by atoms with E-state index < -0.39 is 5.54 Å². The van der Waals surface area contributed by atoms with Crippen molar-refractivity contribution >= 4 is 17.7 Å². The molecular formula is C15H24N4OS. The Bertz CT molecular complexity index is 540. The molecule has 2 saturated carbocycles. The molecule has 1 aromatic heterocycles. The van der Waals surface area contributed by atoms with Crippen molar-refractivity contribution in [1.29, 1.82) is 0 Å². The Kier molecular flexibility index (Phi) is 4.01. The maximum atomic E-state index is 12.0. The Morgan fingerprint density at radius 3 is 2.86 bits per heavy atom. The molecular weight excluding hydrogens is 284 g/mol. The summed E-state index contributed by atoms with van der Waals surface area (Å²) >= 11 is 1.83. The number of nitrogens with two attached hydrogens (primary N) is 1. The van der Waals surface area contributed by atoms with Crippen molar-refractivity contribution in [3.63, 3.8) is 0 Å². The van der Waals surface area contributed by atoms with Crippen molar-refractivity contribution < 1.29 is 4.79 Å². The molecule has 1 aromatic rings. The summed E-state index contributed by atoms with van der Waals surface area (Å²) in [7, 11) is 1.97. The molecule has 1 heterocycles. The van der Waals surface area contributed by atoms with Crippen LogP contribution in [0.2, 0.25) is 0 Å². The molecule has 1 amide bonds. The lowest BCUT2D eigenvalue weighted by Gasteiger charge is -2.39. The molecule has 0 spiro atoms. The predicted octanol–water partition coefficient (Wildman–Crippen LogP) is 1.74. The fourth-order valence-electron chi connectivity index (χ4n) is 3.24. The first-order valence-electron chi connectivity index (χ1n) is 7.73. The van der Waals surface area contributed by atoms with Crippen molar-refractivity contribution in [2.75, 3.05) is 0 Å². The highest BCUT2D eigenvalue weighted by Gasteiger charge is 2.44. The lowest BCUT2D eigenvalue weighted by Crippen LogP contribution is -2.59. The molecule has 116 valence electrons. The van der Waals surface area contributed by atoms with E-state index in [0.717, 1.165) is 31.4 Å². The largest absolute Gasteiger partial charge is 0.368 e. The van der Waals surface area contributed by atoms with E-state index in [1.54, 1.807) is 0 Å². The van der Waals surface area contributed by atoms with Crippen molar-refractivity contribution in [3.8, 4) is 0 Å². The second-order valence-electron chi connectivity index (χ2n) is 6.45. The summed E-state index contributed by atoms with van der Waals surface area (Å²) in [6, 6.07) is 2.61. The molecule has 6 heteroatoms. The zero-order valence-corrected chi connectivity index (χ0v) is 13.6. The standard InChI is InChI=1S/C15H24N4OS/c1-10-8-13(19(2)18-10)21-12-4-3-7-15(9-12,14(16)20)17-11-5-6-11/h8,11-12,17H,3-7,9H2,1-2H3,(H2,16,20). The maximum absolute atomic E-state index is 12.0. The van der Waals surface area contributed by atoms with Crippen LogP contribution in [-0.2, 0) is 11.8 Å². The number of carbonyl (C=O) groups is 1. The third-order valence-electron chi connectivity index (χ3n) is 4.48. The Morgan fingerprint density at radius 2 is 2.29 bits per heavy atom. The van der Waals surface area contributed by atoms with E-state index in [1.165, 1.54) is 17.9 Å². The lowest BCUT2D eigenvalue weighted by atomic mass is 9.80. The van der Waals surface area contributed by atoms with Gasteiger partial charge >= 0.3 is 0 Å². The average molecular weight is 308 g/mol. The normalized spacial score (nSPS) is 29.5. The minimum atomic E-state index is -0.495. The van der Waals surface area contributed by atoms with Gasteiger partial charge in [-0.1, -0.05) is 0 Å². The summed E-state index contributed by atoms with van der Waals surface area (Å²) in [5.74, 6) is -0.180. The maximum Gasteiger partial charge on any atom is 0.237 e. The first-order valence-corrected chi connectivity index (χ1v) is 8.61. The van der Waals surface area contributed by atoms with Gasteiger partial charge < -0.3 is 11.1 Å². The molecule has 3 rings (SSSR count). The molecule has 2 aliphatic carbocycles. The molecule has 0 radical (unpaired) electrons. The highest BCUT2D eigenvalue weighted by molar-refractivity contribution is 7.99. The second-order valence-corrected chi connectivity index (χ2v) is 7.77. The van der Waals surface area contributed by atoms with Crippen molar-refractivity contribution in [3.05, 3.63) is 11.8 Å². The van der Waals surface area contributed by atoms with Crippen LogP contribution >= 0.6 is 11.8 Å². The van der Waals surface area contributed by atoms with Gasteiger partial charge in [0, 0.05) is 18.3 Å². The summed E-state index contributed by atoms with van der Waals surface area (Å²) < 4.78 is 1.93.